The molecular formula is C23H12Br2N2O. The zero-order valence-corrected chi connectivity index (χ0v) is 17.7. The van der Waals surface area contributed by atoms with E-state index in [9.17, 15) is 0 Å². The van der Waals surface area contributed by atoms with E-state index < -0.39 is 5.41 Å². The monoisotopic (exact) mass is 490 g/mol. The zero-order chi connectivity index (χ0) is 18.9. The highest BCUT2D eigenvalue weighted by molar-refractivity contribution is 9.10. The van der Waals surface area contributed by atoms with Crippen LogP contribution in [0.15, 0.2) is 82.0 Å². The third-order valence-corrected chi connectivity index (χ3v) is 6.55. The zero-order valence-electron chi connectivity index (χ0n) is 14.5. The molecule has 134 valence electrons. The van der Waals surface area contributed by atoms with Crippen LogP contribution in [-0.2, 0) is 5.41 Å². The summed E-state index contributed by atoms with van der Waals surface area (Å²) in [5, 5.41) is 0. The summed E-state index contributed by atoms with van der Waals surface area (Å²) in [5.74, 6) is 1.68. The van der Waals surface area contributed by atoms with E-state index in [2.05, 4.69) is 68.3 Å². The van der Waals surface area contributed by atoms with Crippen molar-refractivity contribution in [1.82, 2.24) is 9.97 Å². The normalized spacial score (nSPS) is 14.6. The molecule has 1 aliphatic heterocycles. The van der Waals surface area contributed by atoms with Crippen LogP contribution in [0.1, 0.15) is 22.3 Å². The molecule has 4 aromatic rings. The molecule has 0 amide bonds. The Balaban J connectivity index is 1.84. The Morgan fingerprint density at radius 1 is 0.643 bits per heavy atom. The molecule has 6 rings (SSSR count). The second-order valence-electron chi connectivity index (χ2n) is 6.93. The Labute approximate surface area is 178 Å². The molecule has 2 aliphatic rings. The Hall–Kier alpha value is -2.50. The second kappa shape index (κ2) is 5.75. The molecule has 2 aromatic carbocycles. The van der Waals surface area contributed by atoms with Crippen LogP contribution in [0, 0.1) is 0 Å². The highest BCUT2D eigenvalue weighted by Crippen LogP contribution is 2.61. The molecule has 1 spiro atoms. The van der Waals surface area contributed by atoms with Crippen molar-refractivity contribution in [2.24, 2.45) is 0 Å². The van der Waals surface area contributed by atoms with Gasteiger partial charge < -0.3 is 4.74 Å². The van der Waals surface area contributed by atoms with Crippen LogP contribution in [0.2, 0.25) is 0 Å². The molecule has 0 unspecified atom stereocenters. The number of aromatic nitrogens is 2. The van der Waals surface area contributed by atoms with Crippen molar-refractivity contribution < 1.29 is 4.74 Å². The molecule has 1 aliphatic carbocycles. The molecule has 28 heavy (non-hydrogen) atoms. The Bertz CT molecular complexity index is 1190. The van der Waals surface area contributed by atoms with Crippen LogP contribution in [0.3, 0.4) is 0 Å². The van der Waals surface area contributed by atoms with E-state index in [-0.39, 0.29) is 0 Å². The van der Waals surface area contributed by atoms with E-state index >= 15 is 0 Å². The lowest BCUT2D eigenvalue weighted by Crippen LogP contribution is -2.32. The standard InChI is InChI=1S/C23H12Br2N2O/c24-13-5-7-15-19(11-13)28-20-12-14(25)6-8-16(20)23(15)17-3-1-9-26-21(17)22-18(23)4-2-10-27-22/h1-12H. The van der Waals surface area contributed by atoms with Gasteiger partial charge in [0.25, 0.3) is 0 Å². The molecule has 3 nitrogen and oxygen atoms in total. The number of hydrogen-bond acceptors (Lipinski definition) is 3. The number of ether oxygens (including phenoxy) is 1. The van der Waals surface area contributed by atoms with Crippen molar-refractivity contribution in [2.45, 2.75) is 5.41 Å². The first-order valence-corrected chi connectivity index (χ1v) is 10.5. The maximum absolute atomic E-state index is 6.36. The molecule has 0 fully saturated rings. The third kappa shape index (κ3) is 1.98. The lowest BCUT2D eigenvalue weighted by molar-refractivity contribution is 0.435. The number of fused-ring (bicyclic) bond motifs is 9. The fourth-order valence-electron chi connectivity index (χ4n) is 4.56. The van der Waals surface area contributed by atoms with Gasteiger partial charge in [0.05, 0.1) is 16.8 Å². The average molecular weight is 492 g/mol. The van der Waals surface area contributed by atoms with E-state index in [4.69, 9.17) is 14.7 Å². The first-order valence-electron chi connectivity index (χ1n) is 8.89. The highest BCUT2D eigenvalue weighted by atomic mass is 79.9. The quantitative estimate of drug-likeness (QED) is 0.244. The predicted octanol–water partition coefficient (Wildman–Crippen LogP) is 6.47. The number of hydrogen-bond donors (Lipinski definition) is 0. The third-order valence-electron chi connectivity index (χ3n) is 5.56. The fourth-order valence-corrected chi connectivity index (χ4v) is 5.24. The SMILES string of the molecule is Brc1ccc2c(c1)Oc1cc(Br)ccc1C21c2cccnc2-c2ncccc21. The molecule has 0 N–H and O–H groups in total. The van der Waals surface area contributed by atoms with E-state index in [1.54, 1.807) is 0 Å². The van der Waals surface area contributed by atoms with Crippen LogP contribution in [0.5, 0.6) is 11.5 Å². The number of rotatable bonds is 0. The van der Waals surface area contributed by atoms with Crippen molar-refractivity contribution in [3.05, 3.63) is 104 Å². The minimum absolute atomic E-state index is 0.502. The van der Waals surface area contributed by atoms with Gasteiger partial charge in [0.1, 0.15) is 11.5 Å². The number of pyridine rings is 2. The van der Waals surface area contributed by atoms with Crippen molar-refractivity contribution in [1.29, 1.82) is 0 Å². The molecular weight excluding hydrogens is 480 g/mol. The molecule has 0 bridgehead atoms. The van der Waals surface area contributed by atoms with E-state index in [1.165, 1.54) is 0 Å². The maximum Gasteiger partial charge on any atom is 0.133 e. The van der Waals surface area contributed by atoms with Crippen molar-refractivity contribution >= 4 is 31.9 Å². The molecule has 2 aromatic heterocycles. The fraction of sp³-hybridized carbons (Fsp3) is 0.0435. The van der Waals surface area contributed by atoms with E-state index in [0.717, 1.165) is 54.1 Å². The van der Waals surface area contributed by atoms with Crippen molar-refractivity contribution in [3.8, 4) is 22.9 Å². The van der Waals surface area contributed by atoms with Gasteiger partial charge >= 0.3 is 0 Å². The molecule has 0 saturated heterocycles. The van der Waals surface area contributed by atoms with Crippen LogP contribution in [0.25, 0.3) is 11.4 Å². The van der Waals surface area contributed by atoms with Crippen molar-refractivity contribution in [2.75, 3.05) is 0 Å². The first kappa shape index (κ1) is 16.5. The van der Waals surface area contributed by atoms with Gasteiger partial charge in [-0.3, -0.25) is 9.97 Å². The summed E-state index contributed by atoms with van der Waals surface area (Å²) >= 11 is 7.18. The van der Waals surface area contributed by atoms with Gasteiger partial charge in [-0.2, -0.15) is 0 Å². The van der Waals surface area contributed by atoms with Gasteiger partial charge in [-0.1, -0.05) is 56.1 Å². The predicted molar refractivity (Wildman–Crippen MR) is 115 cm³/mol. The van der Waals surface area contributed by atoms with Gasteiger partial charge in [-0.25, -0.2) is 0 Å². The topological polar surface area (TPSA) is 35.0 Å². The van der Waals surface area contributed by atoms with E-state index in [0.29, 0.717) is 0 Å². The lowest BCUT2D eigenvalue weighted by Gasteiger charge is -2.39. The van der Waals surface area contributed by atoms with Gasteiger partial charge in [-0.05, 0) is 47.5 Å². The molecule has 0 saturated carbocycles. The summed E-state index contributed by atoms with van der Waals surface area (Å²) < 4.78 is 8.32. The maximum atomic E-state index is 6.36. The summed E-state index contributed by atoms with van der Waals surface area (Å²) in [6, 6.07) is 20.8. The van der Waals surface area contributed by atoms with E-state index in [1.807, 2.05) is 36.7 Å². The number of benzene rings is 2. The minimum Gasteiger partial charge on any atom is -0.457 e. The molecule has 0 radical (unpaired) electrons. The molecule has 5 heteroatoms. The second-order valence-corrected chi connectivity index (χ2v) is 8.76. The average Bonchev–Trinajstić information content (AvgIpc) is 2.99. The number of halogens is 2. The van der Waals surface area contributed by atoms with Crippen LogP contribution in [-0.4, -0.2) is 9.97 Å². The van der Waals surface area contributed by atoms with Crippen LogP contribution in [0.4, 0.5) is 0 Å². The van der Waals surface area contributed by atoms with Gasteiger partial charge in [-0.15, -0.1) is 0 Å². The van der Waals surface area contributed by atoms with Crippen LogP contribution >= 0.6 is 31.9 Å². The summed E-state index contributed by atoms with van der Waals surface area (Å²) in [4.78, 5) is 9.42. The summed E-state index contributed by atoms with van der Waals surface area (Å²) in [5.41, 5.74) is 5.85. The molecule has 0 atom stereocenters. The Morgan fingerprint density at radius 2 is 1.14 bits per heavy atom. The van der Waals surface area contributed by atoms with Gasteiger partial charge in [0.15, 0.2) is 0 Å². The largest absolute Gasteiger partial charge is 0.457 e. The van der Waals surface area contributed by atoms with Crippen molar-refractivity contribution in [3.63, 3.8) is 0 Å². The molecule has 3 heterocycles. The highest BCUT2D eigenvalue weighted by Gasteiger charge is 2.52. The first-order chi connectivity index (χ1) is 13.7. The van der Waals surface area contributed by atoms with Crippen LogP contribution < -0.4 is 4.74 Å². The van der Waals surface area contributed by atoms with Gasteiger partial charge in [0.2, 0.25) is 0 Å². The summed E-state index contributed by atoms with van der Waals surface area (Å²) in [6.07, 6.45) is 3.67. The smallest absolute Gasteiger partial charge is 0.133 e. The Kier molecular flexibility index (Phi) is 3.38. The lowest BCUT2D eigenvalue weighted by atomic mass is 9.66. The van der Waals surface area contributed by atoms with Gasteiger partial charge in [0, 0.05) is 32.5 Å². The Morgan fingerprint density at radius 3 is 1.64 bits per heavy atom. The summed E-state index contributed by atoms with van der Waals surface area (Å²) in [6.45, 7) is 0. The summed E-state index contributed by atoms with van der Waals surface area (Å²) in [7, 11) is 0. The minimum atomic E-state index is -0.502. The number of nitrogens with zero attached hydrogens (tertiary/aromatic N) is 2.